The van der Waals surface area contributed by atoms with Crippen molar-refractivity contribution in [2.45, 2.75) is 64.6 Å². The van der Waals surface area contributed by atoms with E-state index in [2.05, 4.69) is 39.5 Å². The summed E-state index contributed by atoms with van der Waals surface area (Å²) < 4.78 is 5.58. The summed E-state index contributed by atoms with van der Waals surface area (Å²) in [5.41, 5.74) is 3.58. The number of nitrogens with one attached hydrogen (secondary N) is 1. The van der Waals surface area contributed by atoms with Gasteiger partial charge in [-0.25, -0.2) is 9.78 Å². The zero-order valence-electron chi connectivity index (χ0n) is 14.9. The van der Waals surface area contributed by atoms with Gasteiger partial charge in [0.05, 0.1) is 18.3 Å². The van der Waals surface area contributed by atoms with Crippen LogP contribution in [0.2, 0.25) is 0 Å². The number of hydrogen-bond acceptors (Lipinski definition) is 3. The third kappa shape index (κ3) is 3.28. The van der Waals surface area contributed by atoms with E-state index in [0.29, 0.717) is 18.5 Å². The van der Waals surface area contributed by atoms with E-state index in [0.717, 1.165) is 43.6 Å². The standard InChI is InChI=1S/C20H25N3O2/c1-13-14(2)25-19(22-13)12-21-20(24)23(16-10-11-16)18-9-5-7-15-6-3-4-8-17(15)18/h3-4,6,8,16,18H,5,7,9-12H2,1-2H3,(H,21,24)/t18-/m0/s1. The summed E-state index contributed by atoms with van der Waals surface area (Å²) in [6, 6.07) is 9.10. The maximum atomic E-state index is 12.9. The van der Waals surface area contributed by atoms with E-state index in [-0.39, 0.29) is 12.1 Å². The minimum atomic E-state index is -0.00212. The van der Waals surface area contributed by atoms with Crippen LogP contribution in [0.4, 0.5) is 4.79 Å². The van der Waals surface area contributed by atoms with Gasteiger partial charge in [0.25, 0.3) is 0 Å². The van der Waals surface area contributed by atoms with Crippen LogP contribution in [0.1, 0.15) is 60.2 Å². The smallest absolute Gasteiger partial charge is 0.318 e. The Hall–Kier alpha value is -2.30. The molecule has 0 bridgehead atoms. The predicted molar refractivity (Wildman–Crippen MR) is 95.2 cm³/mol. The number of carbonyl (C=O) groups excluding carboxylic acids is 1. The average molecular weight is 339 g/mol. The maximum absolute atomic E-state index is 12.9. The quantitative estimate of drug-likeness (QED) is 0.914. The van der Waals surface area contributed by atoms with E-state index in [9.17, 15) is 4.79 Å². The molecule has 1 aromatic heterocycles. The second-order valence-electron chi connectivity index (χ2n) is 7.15. The number of amides is 2. The highest BCUT2D eigenvalue weighted by molar-refractivity contribution is 5.75. The molecule has 0 aliphatic heterocycles. The molecule has 25 heavy (non-hydrogen) atoms. The number of fused-ring (bicyclic) bond motifs is 1. The lowest BCUT2D eigenvalue weighted by Gasteiger charge is -2.36. The number of oxazole rings is 1. The van der Waals surface area contributed by atoms with Crippen LogP contribution in [-0.2, 0) is 13.0 Å². The lowest BCUT2D eigenvalue weighted by atomic mass is 9.87. The van der Waals surface area contributed by atoms with Crippen LogP contribution >= 0.6 is 0 Å². The summed E-state index contributed by atoms with van der Waals surface area (Å²) in [4.78, 5) is 19.4. The van der Waals surface area contributed by atoms with Gasteiger partial charge in [-0.1, -0.05) is 24.3 Å². The van der Waals surface area contributed by atoms with Gasteiger partial charge in [0.1, 0.15) is 5.76 Å². The van der Waals surface area contributed by atoms with Gasteiger partial charge in [-0.05, 0) is 57.1 Å². The van der Waals surface area contributed by atoms with Crippen molar-refractivity contribution in [2.24, 2.45) is 0 Å². The number of aryl methyl sites for hydroxylation is 3. The Balaban J connectivity index is 1.51. The van der Waals surface area contributed by atoms with Crippen LogP contribution in [0.3, 0.4) is 0 Å². The van der Waals surface area contributed by atoms with Crippen LogP contribution < -0.4 is 5.32 Å². The fourth-order valence-electron chi connectivity index (χ4n) is 3.79. The van der Waals surface area contributed by atoms with Gasteiger partial charge in [0.15, 0.2) is 0 Å². The van der Waals surface area contributed by atoms with Gasteiger partial charge in [0, 0.05) is 6.04 Å². The second kappa shape index (κ2) is 6.54. The van der Waals surface area contributed by atoms with Gasteiger partial charge in [0.2, 0.25) is 5.89 Å². The fraction of sp³-hybridized carbons (Fsp3) is 0.500. The molecular formula is C20H25N3O2. The van der Waals surface area contributed by atoms with E-state index in [1.54, 1.807) is 0 Å². The van der Waals surface area contributed by atoms with Crippen molar-refractivity contribution in [3.8, 4) is 0 Å². The molecule has 0 radical (unpaired) electrons. The predicted octanol–water partition coefficient (Wildman–Crippen LogP) is 4.04. The Kier molecular flexibility index (Phi) is 4.24. The van der Waals surface area contributed by atoms with Crippen molar-refractivity contribution in [1.82, 2.24) is 15.2 Å². The number of rotatable bonds is 4. The van der Waals surface area contributed by atoms with Crippen LogP contribution in [0, 0.1) is 13.8 Å². The van der Waals surface area contributed by atoms with Crippen molar-refractivity contribution in [2.75, 3.05) is 0 Å². The first-order chi connectivity index (χ1) is 12.1. The molecule has 2 amide bonds. The summed E-state index contributed by atoms with van der Waals surface area (Å²) in [6.07, 6.45) is 5.49. The molecule has 1 fully saturated rings. The van der Waals surface area contributed by atoms with Crippen LogP contribution in [0.25, 0.3) is 0 Å². The number of urea groups is 1. The molecule has 132 valence electrons. The highest BCUT2D eigenvalue weighted by atomic mass is 16.4. The summed E-state index contributed by atoms with van der Waals surface area (Å²) in [7, 11) is 0. The molecule has 0 spiro atoms. The Bertz CT molecular complexity index is 759. The molecule has 2 aromatic rings. The van der Waals surface area contributed by atoms with E-state index >= 15 is 0 Å². The van der Waals surface area contributed by atoms with Gasteiger partial charge < -0.3 is 14.6 Å². The van der Waals surface area contributed by atoms with Crippen molar-refractivity contribution >= 4 is 6.03 Å². The first kappa shape index (κ1) is 16.2. The van der Waals surface area contributed by atoms with Crippen molar-refractivity contribution in [3.63, 3.8) is 0 Å². The van der Waals surface area contributed by atoms with E-state index in [1.807, 2.05) is 13.8 Å². The minimum absolute atomic E-state index is 0.00212. The topological polar surface area (TPSA) is 58.4 Å². The minimum Gasteiger partial charge on any atom is -0.444 e. The molecule has 1 atom stereocenters. The summed E-state index contributed by atoms with van der Waals surface area (Å²) >= 11 is 0. The summed E-state index contributed by atoms with van der Waals surface area (Å²) in [6.45, 7) is 4.15. The summed E-state index contributed by atoms with van der Waals surface area (Å²) in [5.74, 6) is 1.38. The molecule has 5 heteroatoms. The van der Waals surface area contributed by atoms with E-state index < -0.39 is 0 Å². The van der Waals surface area contributed by atoms with Crippen molar-refractivity contribution in [3.05, 3.63) is 52.7 Å². The third-order valence-electron chi connectivity index (χ3n) is 5.31. The van der Waals surface area contributed by atoms with Crippen LogP contribution in [0.15, 0.2) is 28.7 Å². The molecule has 0 saturated heterocycles. The van der Waals surface area contributed by atoms with Crippen LogP contribution in [-0.4, -0.2) is 22.0 Å². The van der Waals surface area contributed by atoms with Gasteiger partial charge >= 0.3 is 6.03 Å². The molecule has 4 rings (SSSR count). The SMILES string of the molecule is Cc1nc(CNC(=O)N(C2CC2)[C@H]2CCCc3ccccc32)oc1C. The second-order valence-corrected chi connectivity index (χ2v) is 7.15. The molecule has 1 heterocycles. The molecule has 1 saturated carbocycles. The Morgan fingerprint density at radius 3 is 2.80 bits per heavy atom. The molecule has 1 N–H and O–H groups in total. The Labute approximate surface area is 148 Å². The number of benzene rings is 1. The molecule has 0 unspecified atom stereocenters. The van der Waals surface area contributed by atoms with Gasteiger partial charge in [-0.15, -0.1) is 0 Å². The monoisotopic (exact) mass is 339 g/mol. The lowest BCUT2D eigenvalue weighted by molar-refractivity contribution is 0.160. The van der Waals surface area contributed by atoms with Gasteiger partial charge in [-0.3, -0.25) is 0 Å². The van der Waals surface area contributed by atoms with E-state index in [4.69, 9.17) is 4.42 Å². The average Bonchev–Trinajstić information content (AvgIpc) is 3.39. The molecule has 2 aliphatic carbocycles. The largest absolute Gasteiger partial charge is 0.444 e. The third-order valence-corrected chi connectivity index (χ3v) is 5.31. The Morgan fingerprint density at radius 2 is 2.08 bits per heavy atom. The number of aromatic nitrogens is 1. The van der Waals surface area contributed by atoms with Crippen LogP contribution in [0.5, 0.6) is 0 Å². The normalized spacial score (nSPS) is 19.4. The van der Waals surface area contributed by atoms with Crippen molar-refractivity contribution < 1.29 is 9.21 Å². The molecule has 1 aromatic carbocycles. The highest BCUT2D eigenvalue weighted by Crippen LogP contribution is 2.40. The number of nitrogens with zero attached hydrogens (tertiary/aromatic N) is 2. The number of carbonyl (C=O) groups is 1. The first-order valence-corrected chi connectivity index (χ1v) is 9.20. The van der Waals surface area contributed by atoms with E-state index in [1.165, 1.54) is 11.1 Å². The fourth-order valence-corrected chi connectivity index (χ4v) is 3.79. The zero-order chi connectivity index (χ0) is 17.4. The first-order valence-electron chi connectivity index (χ1n) is 9.20. The molecule has 5 nitrogen and oxygen atoms in total. The number of hydrogen-bond donors (Lipinski definition) is 1. The Morgan fingerprint density at radius 1 is 1.28 bits per heavy atom. The molecular weight excluding hydrogens is 314 g/mol. The lowest BCUT2D eigenvalue weighted by Crippen LogP contribution is -2.44. The van der Waals surface area contributed by atoms with Gasteiger partial charge in [-0.2, -0.15) is 0 Å². The van der Waals surface area contributed by atoms with Crippen molar-refractivity contribution in [1.29, 1.82) is 0 Å². The maximum Gasteiger partial charge on any atom is 0.318 e. The summed E-state index contributed by atoms with van der Waals surface area (Å²) in [5, 5.41) is 3.02. The zero-order valence-corrected chi connectivity index (χ0v) is 14.9. The molecule has 2 aliphatic rings. The highest BCUT2D eigenvalue weighted by Gasteiger charge is 2.39.